The number of pyridine rings is 1. The lowest BCUT2D eigenvalue weighted by molar-refractivity contribution is 0.0735. The summed E-state index contributed by atoms with van der Waals surface area (Å²) in [5.74, 6) is -0.159. The van der Waals surface area contributed by atoms with E-state index in [1.54, 1.807) is 60.8 Å². The Hall–Kier alpha value is -3.73. The van der Waals surface area contributed by atoms with Crippen molar-refractivity contribution in [3.8, 4) is 17.0 Å². The minimum Gasteiger partial charge on any atom is -0.423 e. The highest BCUT2D eigenvalue weighted by Gasteiger charge is 2.12. The van der Waals surface area contributed by atoms with Crippen molar-refractivity contribution in [1.29, 1.82) is 0 Å². The summed E-state index contributed by atoms with van der Waals surface area (Å²) < 4.78 is 10.8. The molecule has 0 fully saturated rings. The van der Waals surface area contributed by atoms with Gasteiger partial charge in [-0.25, -0.2) is 9.59 Å². The number of carbonyl (C=O) groups is 1. The average Bonchev–Trinajstić information content (AvgIpc) is 2.68. The number of aryl methyl sites for hydroxylation is 1. The molecule has 4 rings (SSSR count). The Morgan fingerprint density at radius 2 is 1.89 bits per heavy atom. The molecule has 0 saturated carbocycles. The summed E-state index contributed by atoms with van der Waals surface area (Å²) in [5, 5.41) is 0.714. The Kier molecular flexibility index (Phi) is 4.26. The molecule has 0 atom stereocenters. The second-order valence-corrected chi connectivity index (χ2v) is 6.12. The zero-order valence-electron chi connectivity index (χ0n) is 14.5. The Balaban J connectivity index is 1.67. The number of esters is 1. The fourth-order valence-electron chi connectivity index (χ4n) is 2.79. The average molecular weight is 357 g/mol. The molecule has 0 N–H and O–H groups in total. The molecule has 0 unspecified atom stereocenters. The Labute approximate surface area is 154 Å². The Bertz CT molecular complexity index is 1200. The van der Waals surface area contributed by atoms with Crippen molar-refractivity contribution in [2.75, 3.05) is 0 Å². The lowest BCUT2D eigenvalue weighted by atomic mass is 10.1. The van der Waals surface area contributed by atoms with Crippen molar-refractivity contribution in [1.82, 2.24) is 4.98 Å². The van der Waals surface area contributed by atoms with E-state index >= 15 is 0 Å². The van der Waals surface area contributed by atoms with Crippen LogP contribution >= 0.6 is 0 Å². The number of fused-ring (bicyclic) bond motifs is 1. The zero-order chi connectivity index (χ0) is 18.8. The van der Waals surface area contributed by atoms with Crippen LogP contribution in [0, 0.1) is 6.92 Å². The van der Waals surface area contributed by atoms with Crippen LogP contribution in [0.15, 0.2) is 82.1 Å². The summed E-state index contributed by atoms with van der Waals surface area (Å²) in [6.45, 7) is 1.90. The number of carbonyl (C=O) groups excluding carboxylic acids is 1. The van der Waals surface area contributed by atoms with Crippen molar-refractivity contribution < 1.29 is 13.9 Å². The molecule has 2 aromatic carbocycles. The van der Waals surface area contributed by atoms with Crippen molar-refractivity contribution in [3.05, 3.63) is 94.5 Å². The zero-order valence-corrected chi connectivity index (χ0v) is 14.5. The van der Waals surface area contributed by atoms with Crippen molar-refractivity contribution in [2.24, 2.45) is 0 Å². The third-order valence-electron chi connectivity index (χ3n) is 4.11. The molecule has 2 heterocycles. The largest absolute Gasteiger partial charge is 0.423 e. The number of nitrogens with zero attached hydrogens (tertiary/aromatic N) is 1. The van der Waals surface area contributed by atoms with Gasteiger partial charge in [0.15, 0.2) is 0 Å². The minimum atomic E-state index is -0.497. The number of hydrogen-bond donors (Lipinski definition) is 0. The van der Waals surface area contributed by atoms with E-state index in [4.69, 9.17) is 9.15 Å². The van der Waals surface area contributed by atoms with Gasteiger partial charge < -0.3 is 9.15 Å². The van der Waals surface area contributed by atoms with Gasteiger partial charge >= 0.3 is 11.6 Å². The summed E-state index contributed by atoms with van der Waals surface area (Å²) >= 11 is 0. The molecule has 5 heteroatoms. The number of rotatable bonds is 3. The quantitative estimate of drug-likeness (QED) is 0.309. The molecule has 0 saturated heterocycles. The molecule has 4 aromatic rings. The molecular formula is C22H15NO4. The van der Waals surface area contributed by atoms with E-state index in [2.05, 4.69) is 4.98 Å². The van der Waals surface area contributed by atoms with Crippen molar-refractivity contribution in [3.63, 3.8) is 0 Å². The molecule has 0 amide bonds. The second-order valence-electron chi connectivity index (χ2n) is 6.12. The van der Waals surface area contributed by atoms with Crippen LogP contribution in [0.5, 0.6) is 5.75 Å². The molecule has 0 aliphatic rings. The van der Waals surface area contributed by atoms with E-state index in [-0.39, 0.29) is 0 Å². The predicted octanol–water partition coefficient (Wildman–Crippen LogP) is 4.38. The molecule has 27 heavy (non-hydrogen) atoms. The third-order valence-corrected chi connectivity index (χ3v) is 4.11. The Morgan fingerprint density at radius 3 is 2.67 bits per heavy atom. The molecule has 0 aliphatic heterocycles. The van der Waals surface area contributed by atoms with Crippen LogP contribution in [0.4, 0.5) is 0 Å². The van der Waals surface area contributed by atoms with E-state index < -0.39 is 11.6 Å². The van der Waals surface area contributed by atoms with Gasteiger partial charge in [0.2, 0.25) is 0 Å². The van der Waals surface area contributed by atoms with Gasteiger partial charge in [-0.15, -0.1) is 0 Å². The van der Waals surface area contributed by atoms with E-state index in [9.17, 15) is 9.59 Å². The molecule has 132 valence electrons. The SMILES string of the molecule is Cc1cccc(C(=O)Oc2ccc3cc(-c4ccccn4)c(=O)oc3c2)c1. The lowest BCUT2D eigenvalue weighted by Crippen LogP contribution is -2.09. The van der Waals surface area contributed by atoms with Crippen LogP contribution in [0.25, 0.3) is 22.2 Å². The van der Waals surface area contributed by atoms with Gasteiger partial charge in [0.1, 0.15) is 11.3 Å². The summed E-state index contributed by atoms with van der Waals surface area (Å²) in [6.07, 6.45) is 1.62. The van der Waals surface area contributed by atoms with Gasteiger partial charge in [-0.3, -0.25) is 4.98 Å². The van der Waals surface area contributed by atoms with Crippen LogP contribution in [0.3, 0.4) is 0 Å². The minimum absolute atomic E-state index is 0.308. The van der Waals surface area contributed by atoms with Crippen molar-refractivity contribution >= 4 is 16.9 Å². The van der Waals surface area contributed by atoms with Gasteiger partial charge in [0, 0.05) is 17.6 Å². The maximum Gasteiger partial charge on any atom is 0.345 e. The highest BCUT2D eigenvalue weighted by molar-refractivity contribution is 5.92. The van der Waals surface area contributed by atoms with E-state index in [1.807, 2.05) is 13.0 Å². The first-order valence-electron chi connectivity index (χ1n) is 8.38. The van der Waals surface area contributed by atoms with Gasteiger partial charge in [-0.05, 0) is 49.4 Å². The van der Waals surface area contributed by atoms with E-state index in [0.29, 0.717) is 33.5 Å². The predicted molar refractivity (Wildman–Crippen MR) is 102 cm³/mol. The molecule has 5 nitrogen and oxygen atoms in total. The summed E-state index contributed by atoms with van der Waals surface area (Å²) in [7, 11) is 0. The fraction of sp³-hybridized carbons (Fsp3) is 0.0455. The second kappa shape index (κ2) is 6.88. The molecular weight excluding hydrogens is 342 g/mol. The first-order chi connectivity index (χ1) is 13.1. The highest BCUT2D eigenvalue weighted by atomic mass is 16.5. The maximum atomic E-state index is 12.3. The van der Waals surface area contributed by atoms with Crippen molar-refractivity contribution in [2.45, 2.75) is 6.92 Å². The Morgan fingerprint density at radius 1 is 1.00 bits per heavy atom. The molecule has 2 aromatic heterocycles. The topological polar surface area (TPSA) is 69.4 Å². The molecule has 0 aliphatic carbocycles. The monoisotopic (exact) mass is 357 g/mol. The van der Waals surface area contributed by atoms with Crippen LogP contribution in [0.1, 0.15) is 15.9 Å². The van der Waals surface area contributed by atoms with E-state index in [1.165, 1.54) is 6.07 Å². The van der Waals surface area contributed by atoms with Crippen LogP contribution in [-0.2, 0) is 0 Å². The molecule has 0 spiro atoms. The number of aromatic nitrogens is 1. The van der Waals surface area contributed by atoms with Gasteiger partial charge in [-0.1, -0.05) is 23.8 Å². The molecule has 0 bridgehead atoms. The first-order valence-corrected chi connectivity index (χ1v) is 8.38. The van der Waals surface area contributed by atoms with Crippen LogP contribution in [0.2, 0.25) is 0 Å². The highest BCUT2D eigenvalue weighted by Crippen LogP contribution is 2.24. The lowest BCUT2D eigenvalue weighted by Gasteiger charge is -2.06. The first kappa shape index (κ1) is 16.7. The number of benzene rings is 2. The maximum absolute atomic E-state index is 12.3. The summed E-state index contributed by atoms with van der Waals surface area (Å²) in [5.41, 5.74) is 2.20. The fourth-order valence-corrected chi connectivity index (χ4v) is 2.79. The van der Waals surface area contributed by atoms with Crippen LogP contribution < -0.4 is 10.4 Å². The normalized spacial score (nSPS) is 10.7. The smallest absolute Gasteiger partial charge is 0.345 e. The van der Waals surface area contributed by atoms with Gasteiger partial charge in [0.05, 0.1) is 16.8 Å². The third kappa shape index (κ3) is 3.48. The standard InChI is InChI=1S/C22H15NO4/c1-14-5-4-6-16(11-14)21(24)26-17-9-8-15-12-18(19-7-2-3-10-23-19)22(25)27-20(15)13-17/h2-13H,1H3. The number of ether oxygens (including phenoxy) is 1. The van der Waals surface area contributed by atoms with E-state index in [0.717, 1.165) is 5.56 Å². The van der Waals surface area contributed by atoms with Crippen LogP contribution in [-0.4, -0.2) is 11.0 Å². The summed E-state index contributed by atoms with van der Waals surface area (Å²) in [4.78, 5) is 28.8. The summed E-state index contributed by atoms with van der Waals surface area (Å²) in [6, 6.07) is 19.1. The number of hydrogen-bond acceptors (Lipinski definition) is 5. The van der Waals surface area contributed by atoms with Gasteiger partial charge in [0.25, 0.3) is 0 Å². The molecule has 0 radical (unpaired) electrons. The van der Waals surface area contributed by atoms with Gasteiger partial charge in [-0.2, -0.15) is 0 Å².